The highest BCUT2D eigenvalue weighted by molar-refractivity contribution is 7.14. The van der Waals surface area contributed by atoms with Gasteiger partial charge in [-0.2, -0.15) is 10.1 Å². The van der Waals surface area contributed by atoms with Gasteiger partial charge in [0.1, 0.15) is 12.0 Å². The molecular weight excluding hydrogens is 316 g/mol. The molecule has 116 valence electrons. The van der Waals surface area contributed by atoms with Crippen LogP contribution in [0.4, 0.5) is 11.1 Å². The fraction of sp³-hybridized carbons (Fsp3) is 0.0714. The number of anilines is 2. The quantitative estimate of drug-likeness (QED) is 0.660. The molecule has 9 heteroatoms. The molecule has 0 saturated heterocycles. The van der Waals surface area contributed by atoms with Gasteiger partial charge in [-0.25, -0.2) is 10.1 Å². The van der Waals surface area contributed by atoms with E-state index in [1.165, 1.54) is 17.7 Å². The van der Waals surface area contributed by atoms with Gasteiger partial charge in [0.25, 0.3) is 5.91 Å². The fourth-order valence-electron chi connectivity index (χ4n) is 1.82. The number of carbonyl (C=O) groups is 2. The molecule has 1 aromatic carbocycles. The summed E-state index contributed by atoms with van der Waals surface area (Å²) in [5.41, 5.74) is 1.10. The summed E-state index contributed by atoms with van der Waals surface area (Å²) >= 11 is 1.18. The third-order valence-corrected chi connectivity index (χ3v) is 3.60. The van der Waals surface area contributed by atoms with E-state index < -0.39 is 5.91 Å². The van der Waals surface area contributed by atoms with E-state index in [4.69, 9.17) is 0 Å². The Kier molecular flexibility index (Phi) is 4.39. The molecular formula is C14H12N6O2S. The summed E-state index contributed by atoms with van der Waals surface area (Å²) in [4.78, 5) is 31.8. The monoisotopic (exact) mass is 328 g/mol. The third-order valence-electron chi connectivity index (χ3n) is 2.84. The van der Waals surface area contributed by atoms with Crippen molar-refractivity contribution in [1.82, 2.24) is 20.2 Å². The number of aromatic nitrogens is 4. The predicted octanol–water partition coefficient (Wildman–Crippen LogP) is 1.69. The third kappa shape index (κ3) is 3.98. The number of carbonyl (C=O) groups excluding carboxylic acids is 2. The highest BCUT2D eigenvalue weighted by Gasteiger charge is 2.13. The molecule has 0 radical (unpaired) electrons. The maximum atomic E-state index is 11.9. The second-order valence-corrected chi connectivity index (χ2v) is 5.39. The highest BCUT2D eigenvalue weighted by atomic mass is 32.1. The molecule has 0 aliphatic carbocycles. The minimum absolute atomic E-state index is 0.187. The molecule has 2 amide bonds. The maximum absolute atomic E-state index is 11.9. The van der Waals surface area contributed by atoms with Crippen LogP contribution in [-0.2, 0) is 11.2 Å². The normalized spacial score (nSPS) is 10.3. The summed E-state index contributed by atoms with van der Waals surface area (Å²) in [5, 5.41) is 13.3. The summed E-state index contributed by atoms with van der Waals surface area (Å²) in [6.45, 7) is 0. The Morgan fingerprint density at radius 1 is 1.17 bits per heavy atom. The number of H-pyrrole nitrogens is 1. The van der Waals surface area contributed by atoms with Crippen LogP contribution in [0.2, 0.25) is 0 Å². The molecule has 0 fully saturated rings. The number of nitrogens with zero attached hydrogens (tertiary/aromatic N) is 3. The summed E-state index contributed by atoms with van der Waals surface area (Å²) in [5.74, 6) is -0.382. The number of benzene rings is 1. The lowest BCUT2D eigenvalue weighted by Gasteiger charge is -2.01. The van der Waals surface area contributed by atoms with Gasteiger partial charge in [0, 0.05) is 5.38 Å². The molecule has 0 bridgehead atoms. The number of amides is 2. The number of hydrogen-bond donors (Lipinski definition) is 3. The molecule has 2 aromatic heterocycles. The van der Waals surface area contributed by atoms with Crippen molar-refractivity contribution in [3.05, 3.63) is 53.3 Å². The first-order valence-corrected chi connectivity index (χ1v) is 7.55. The van der Waals surface area contributed by atoms with E-state index in [0.29, 0.717) is 5.13 Å². The average Bonchev–Trinajstić information content (AvgIpc) is 3.20. The molecule has 3 N–H and O–H groups in total. The lowest BCUT2D eigenvalue weighted by atomic mass is 10.1. The number of rotatable bonds is 5. The van der Waals surface area contributed by atoms with Crippen molar-refractivity contribution >= 4 is 34.2 Å². The molecule has 3 rings (SSSR count). The van der Waals surface area contributed by atoms with Crippen LogP contribution in [0, 0.1) is 0 Å². The van der Waals surface area contributed by atoms with Gasteiger partial charge in [-0.3, -0.25) is 14.9 Å². The predicted molar refractivity (Wildman–Crippen MR) is 85.2 cm³/mol. The molecule has 0 atom stereocenters. The zero-order valence-corrected chi connectivity index (χ0v) is 12.6. The summed E-state index contributed by atoms with van der Waals surface area (Å²) < 4.78 is 0. The lowest BCUT2D eigenvalue weighted by molar-refractivity contribution is -0.115. The van der Waals surface area contributed by atoms with Crippen LogP contribution in [0.3, 0.4) is 0 Å². The van der Waals surface area contributed by atoms with Crippen molar-refractivity contribution in [1.29, 1.82) is 0 Å². The average molecular weight is 328 g/mol. The first-order valence-electron chi connectivity index (χ1n) is 6.67. The Morgan fingerprint density at radius 2 is 2.00 bits per heavy atom. The number of thiazole rings is 1. The fourth-order valence-corrected chi connectivity index (χ4v) is 2.52. The molecule has 2 heterocycles. The molecule has 0 unspecified atom stereocenters. The Hall–Kier alpha value is -3.07. The highest BCUT2D eigenvalue weighted by Crippen LogP contribution is 2.16. The van der Waals surface area contributed by atoms with Crippen molar-refractivity contribution in [2.24, 2.45) is 0 Å². The second kappa shape index (κ2) is 6.79. The van der Waals surface area contributed by atoms with Gasteiger partial charge in [-0.15, -0.1) is 11.3 Å². The van der Waals surface area contributed by atoms with Crippen molar-refractivity contribution in [3.8, 4) is 0 Å². The van der Waals surface area contributed by atoms with Crippen molar-refractivity contribution < 1.29 is 9.59 Å². The second-order valence-electron chi connectivity index (χ2n) is 4.54. The van der Waals surface area contributed by atoms with Gasteiger partial charge >= 0.3 is 0 Å². The molecule has 0 aliphatic rings. The molecule has 3 aromatic rings. The summed E-state index contributed by atoms with van der Waals surface area (Å²) in [6, 6.07) is 9.38. The van der Waals surface area contributed by atoms with E-state index in [1.54, 1.807) is 5.38 Å². The van der Waals surface area contributed by atoms with Crippen LogP contribution < -0.4 is 10.6 Å². The van der Waals surface area contributed by atoms with E-state index in [1.807, 2.05) is 30.3 Å². The smallest absolute Gasteiger partial charge is 0.277 e. The van der Waals surface area contributed by atoms with Crippen LogP contribution >= 0.6 is 11.3 Å². The topological polar surface area (TPSA) is 113 Å². The van der Waals surface area contributed by atoms with Crippen LogP contribution in [0.25, 0.3) is 0 Å². The van der Waals surface area contributed by atoms with Gasteiger partial charge in [0.05, 0.1) is 6.42 Å². The summed E-state index contributed by atoms with van der Waals surface area (Å²) in [6.07, 6.45) is 1.53. The molecule has 0 spiro atoms. The van der Waals surface area contributed by atoms with Crippen molar-refractivity contribution in [2.75, 3.05) is 10.6 Å². The molecule has 8 nitrogen and oxygen atoms in total. The van der Waals surface area contributed by atoms with Gasteiger partial charge in [0.2, 0.25) is 11.9 Å². The summed E-state index contributed by atoms with van der Waals surface area (Å²) in [7, 11) is 0. The van der Waals surface area contributed by atoms with Crippen molar-refractivity contribution in [2.45, 2.75) is 6.42 Å². The molecule has 0 aliphatic heterocycles. The van der Waals surface area contributed by atoms with Crippen LogP contribution in [-0.4, -0.2) is 32.0 Å². The first-order chi connectivity index (χ1) is 11.2. The Morgan fingerprint density at radius 3 is 2.74 bits per heavy atom. The number of aromatic amines is 1. The minimum atomic E-state index is -0.429. The van der Waals surface area contributed by atoms with E-state index in [-0.39, 0.29) is 24.0 Å². The Bertz CT molecular complexity index is 800. The van der Waals surface area contributed by atoms with Crippen LogP contribution in [0.15, 0.2) is 42.0 Å². The van der Waals surface area contributed by atoms with Gasteiger partial charge in [0.15, 0.2) is 5.13 Å². The molecule has 23 heavy (non-hydrogen) atoms. The molecule has 0 saturated carbocycles. The lowest BCUT2D eigenvalue weighted by Crippen LogP contribution is -2.16. The van der Waals surface area contributed by atoms with E-state index in [2.05, 4.69) is 30.8 Å². The van der Waals surface area contributed by atoms with E-state index in [9.17, 15) is 9.59 Å². The van der Waals surface area contributed by atoms with Gasteiger partial charge in [-0.1, -0.05) is 30.3 Å². The van der Waals surface area contributed by atoms with E-state index in [0.717, 1.165) is 5.56 Å². The zero-order chi connectivity index (χ0) is 16.1. The SMILES string of the molecule is O=C(Cc1ccccc1)Nc1nc(C(=O)Nc2ncn[nH]2)cs1. The van der Waals surface area contributed by atoms with Crippen molar-refractivity contribution in [3.63, 3.8) is 0 Å². The Balaban J connectivity index is 1.58. The first kappa shape index (κ1) is 14.9. The van der Waals surface area contributed by atoms with E-state index >= 15 is 0 Å². The number of nitrogens with one attached hydrogen (secondary N) is 3. The maximum Gasteiger partial charge on any atom is 0.277 e. The zero-order valence-electron chi connectivity index (χ0n) is 11.8. The van der Waals surface area contributed by atoms with Gasteiger partial charge < -0.3 is 5.32 Å². The van der Waals surface area contributed by atoms with Gasteiger partial charge in [-0.05, 0) is 5.56 Å². The largest absolute Gasteiger partial charge is 0.302 e. The van der Waals surface area contributed by atoms with Crippen LogP contribution in [0.1, 0.15) is 16.1 Å². The Labute approximate surface area is 135 Å². The number of hydrogen-bond acceptors (Lipinski definition) is 6. The minimum Gasteiger partial charge on any atom is -0.302 e. The standard InChI is InChI=1S/C14H12N6O2S/c21-11(6-9-4-2-1-3-5-9)18-14-17-10(7-23-14)12(22)19-13-15-8-16-20-13/h1-5,7-8H,6H2,(H,17,18,21)(H2,15,16,19,20,22). The van der Waals surface area contributed by atoms with Crippen LogP contribution in [0.5, 0.6) is 0 Å².